The highest BCUT2D eigenvalue weighted by atomic mass is 16.3. The van der Waals surface area contributed by atoms with E-state index in [2.05, 4.69) is 10.6 Å². The van der Waals surface area contributed by atoms with E-state index in [1.54, 1.807) is 0 Å². The maximum Gasteiger partial charge on any atom is 0.251 e. The second-order valence-electron chi connectivity index (χ2n) is 6.05. The number of amides is 2. The summed E-state index contributed by atoms with van der Waals surface area (Å²) in [5.41, 5.74) is 6.66. The van der Waals surface area contributed by atoms with Crippen LogP contribution in [0.2, 0.25) is 0 Å². The van der Waals surface area contributed by atoms with Gasteiger partial charge in [0.15, 0.2) is 6.10 Å². The molecule has 0 spiro atoms. The molecule has 0 saturated heterocycles. The van der Waals surface area contributed by atoms with Crippen molar-refractivity contribution in [1.82, 2.24) is 10.6 Å². The highest BCUT2D eigenvalue weighted by Crippen LogP contribution is 2.19. The van der Waals surface area contributed by atoms with Crippen molar-refractivity contribution in [2.45, 2.75) is 56.8 Å². The van der Waals surface area contributed by atoms with E-state index in [1.807, 2.05) is 37.3 Å². The predicted octanol–water partition coefficient (Wildman–Crippen LogP) is 0.0907. The molecular weight excluding hydrogens is 294 g/mol. The highest BCUT2D eigenvalue weighted by molar-refractivity contribution is 5.85. The quantitative estimate of drug-likeness (QED) is 0.545. The normalized spacial score (nSPS) is 17.9. The summed E-state index contributed by atoms with van der Waals surface area (Å²) in [6.45, 7) is 1.81. The van der Waals surface area contributed by atoms with Crippen molar-refractivity contribution in [1.29, 1.82) is 0 Å². The molecule has 5 N–H and O–H groups in total. The summed E-state index contributed by atoms with van der Waals surface area (Å²) >= 11 is 0. The summed E-state index contributed by atoms with van der Waals surface area (Å²) in [5.74, 6) is -0.800. The third kappa shape index (κ3) is 5.33. The first kappa shape index (κ1) is 17.4. The Labute approximate surface area is 136 Å². The summed E-state index contributed by atoms with van der Waals surface area (Å²) in [6, 6.07) is 8.23. The molecule has 1 fully saturated rings. The number of nitrogens with one attached hydrogen (secondary N) is 2. The van der Waals surface area contributed by atoms with Crippen LogP contribution in [-0.4, -0.2) is 41.2 Å². The molecule has 6 heteroatoms. The molecule has 1 saturated carbocycles. The molecule has 6 nitrogen and oxygen atoms in total. The Morgan fingerprint density at radius 2 is 1.91 bits per heavy atom. The summed E-state index contributed by atoms with van der Waals surface area (Å²) in [7, 11) is 0. The van der Waals surface area contributed by atoms with Crippen LogP contribution in [0, 0.1) is 0 Å². The molecular formula is C17H25N3O3. The number of nitrogens with two attached hydrogens (primary N) is 1. The molecule has 2 amide bonds. The first-order chi connectivity index (χ1) is 11.0. The Bertz CT molecular complexity index is 531. The lowest BCUT2D eigenvalue weighted by molar-refractivity contribution is -0.132. The molecule has 2 rings (SSSR count). The molecule has 1 aromatic carbocycles. The van der Waals surface area contributed by atoms with Crippen molar-refractivity contribution >= 4 is 11.8 Å². The zero-order valence-corrected chi connectivity index (χ0v) is 13.4. The third-order valence-electron chi connectivity index (χ3n) is 3.98. The van der Waals surface area contributed by atoms with E-state index in [0.717, 1.165) is 18.4 Å². The Balaban J connectivity index is 2.05. The Morgan fingerprint density at radius 1 is 1.26 bits per heavy atom. The lowest BCUT2D eigenvalue weighted by atomic mass is 10.00. The molecule has 1 aliphatic carbocycles. The van der Waals surface area contributed by atoms with Crippen LogP contribution in [0.3, 0.4) is 0 Å². The predicted molar refractivity (Wildman–Crippen MR) is 87.5 cm³/mol. The second-order valence-corrected chi connectivity index (χ2v) is 6.05. The number of aliphatic hydroxyl groups is 1. The third-order valence-corrected chi connectivity index (χ3v) is 3.98. The van der Waals surface area contributed by atoms with Crippen LogP contribution in [0.25, 0.3) is 0 Å². The van der Waals surface area contributed by atoms with Gasteiger partial charge in [-0.15, -0.1) is 0 Å². The maximum absolute atomic E-state index is 12.1. The molecule has 126 valence electrons. The Hall–Kier alpha value is -1.92. The topological polar surface area (TPSA) is 104 Å². The van der Waals surface area contributed by atoms with Gasteiger partial charge in [-0.05, 0) is 31.2 Å². The van der Waals surface area contributed by atoms with E-state index < -0.39 is 24.1 Å². The minimum atomic E-state index is -1.30. The van der Waals surface area contributed by atoms with Crippen LogP contribution in [0.4, 0.5) is 0 Å². The minimum Gasteiger partial charge on any atom is -0.381 e. The number of carbonyl (C=O) groups is 2. The van der Waals surface area contributed by atoms with Crippen LogP contribution in [0.15, 0.2) is 30.3 Å². The number of hydrogen-bond donors (Lipinski definition) is 4. The highest BCUT2D eigenvalue weighted by Gasteiger charge is 2.32. The minimum absolute atomic E-state index is 0.156. The van der Waals surface area contributed by atoms with Crippen molar-refractivity contribution in [2.24, 2.45) is 5.73 Å². The molecule has 0 aromatic heterocycles. The number of rotatable bonds is 8. The van der Waals surface area contributed by atoms with E-state index in [0.29, 0.717) is 12.8 Å². The van der Waals surface area contributed by atoms with Gasteiger partial charge in [-0.25, -0.2) is 0 Å². The zero-order chi connectivity index (χ0) is 16.8. The Kier molecular flexibility index (Phi) is 6.12. The fourth-order valence-corrected chi connectivity index (χ4v) is 2.28. The molecule has 0 aliphatic heterocycles. The largest absolute Gasteiger partial charge is 0.381 e. The average Bonchev–Trinajstić information content (AvgIpc) is 3.37. The van der Waals surface area contributed by atoms with E-state index in [4.69, 9.17) is 5.73 Å². The van der Waals surface area contributed by atoms with Gasteiger partial charge in [-0.1, -0.05) is 37.3 Å². The van der Waals surface area contributed by atoms with Crippen molar-refractivity contribution in [3.8, 4) is 0 Å². The number of aliphatic hydroxyl groups excluding tert-OH is 1. The molecule has 0 heterocycles. The van der Waals surface area contributed by atoms with Crippen molar-refractivity contribution in [3.63, 3.8) is 0 Å². The monoisotopic (exact) mass is 319 g/mol. The van der Waals surface area contributed by atoms with Gasteiger partial charge in [0.25, 0.3) is 5.91 Å². The molecule has 1 aliphatic rings. The van der Waals surface area contributed by atoms with Gasteiger partial charge in [0, 0.05) is 6.04 Å². The van der Waals surface area contributed by atoms with Gasteiger partial charge >= 0.3 is 0 Å². The fraction of sp³-hybridized carbons (Fsp3) is 0.529. The van der Waals surface area contributed by atoms with Crippen molar-refractivity contribution in [3.05, 3.63) is 35.9 Å². The molecule has 23 heavy (non-hydrogen) atoms. The van der Waals surface area contributed by atoms with E-state index in [-0.39, 0.29) is 11.9 Å². The van der Waals surface area contributed by atoms with Gasteiger partial charge in [-0.3, -0.25) is 9.59 Å². The second kappa shape index (κ2) is 8.08. The van der Waals surface area contributed by atoms with Crippen LogP contribution < -0.4 is 16.4 Å². The summed E-state index contributed by atoms with van der Waals surface area (Å²) in [5, 5.41) is 15.8. The first-order valence-electron chi connectivity index (χ1n) is 8.09. The smallest absolute Gasteiger partial charge is 0.251 e. The van der Waals surface area contributed by atoms with E-state index in [1.165, 1.54) is 0 Å². The van der Waals surface area contributed by atoms with Crippen molar-refractivity contribution < 1.29 is 14.7 Å². The number of benzene rings is 1. The molecule has 2 unspecified atom stereocenters. The molecule has 0 radical (unpaired) electrons. The van der Waals surface area contributed by atoms with Gasteiger partial charge < -0.3 is 21.5 Å². The van der Waals surface area contributed by atoms with Gasteiger partial charge in [0.2, 0.25) is 5.91 Å². The standard InChI is InChI=1S/C17H25N3O3/c1-2-13(18)16(22)20-14(10-11-6-4-3-5-7-11)15(21)17(23)19-12-8-9-12/h3-7,12-15,21H,2,8-10,18H2,1H3,(H,19,23)(H,20,22)/t13-,14?,15?/m0/s1. The zero-order valence-electron chi connectivity index (χ0n) is 13.4. The lowest BCUT2D eigenvalue weighted by Gasteiger charge is -2.25. The van der Waals surface area contributed by atoms with Crippen LogP contribution >= 0.6 is 0 Å². The summed E-state index contributed by atoms with van der Waals surface area (Å²) in [4.78, 5) is 24.2. The fourth-order valence-electron chi connectivity index (χ4n) is 2.28. The van der Waals surface area contributed by atoms with Crippen molar-refractivity contribution in [2.75, 3.05) is 0 Å². The van der Waals surface area contributed by atoms with Crippen LogP contribution in [-0.2, 0) is 16.0 Å². The maximum atomic E-state index is 12.1. The van der Waals surface area contributed by atoms with Gasteiger partial charge in [0.1, 0.15) is 0 Å². The van der Waals surface area contributed by atoms with Gasteiger partial charge in [0.05, 0.1) is 12.1 Å². The first-order valence-corrected chi connectivity index (χ1v) is 8.09. The molecule has 0 bridgehead atoms. The van der Waals surface area contributed by atoms with Gasteiger partial charge in [-0.2, -0.15) is 0 Å². The van der Waals surface area contributed by atoms with Crippen LogP contribution in [0.1, 0.15) is 31.7 Å². The molecule has 1 aromatic rings. The lowest BCUT2D eigenvalue weighted by Crippen LogP contribution is -2.55. The van der Waals surface area contributed by atoms with E-state index >= 15 is 0 Å². The summed E-state index contributed by atoms with van der Waals surface area (Å²) in [6.07, 6.45) is 1.43. The number of carbonyl (C=O) groups excluding carboxylic acids is 2. The SMILES string of the molecule is CC[C@H](N)C(=O)NC(Cc1ccccc1)C(O)C(=O)NC1CC1. The number of hydrogen-bond acceptors (Lipinski definition) is 4. The van der Waals surface area contributed by atoms with Crippen LogP contribution in [0.5, 0.6) is 0 Å². The molecule has 3 atom stereocenters. The average molecular weight is 319 g/mol. The Morgan fingerprint density at radius 3 is 2.48 bits per heavy atom. The summed E-state index contributed by atoms with van der Waals surface area (Å²) < 4.78 is 0. The van der Waals surface area contributed by atoms with E-state index in [9.17, 15) is 14.7 Å².